The first-order valence-corrected chi connectivity index (χ1v) is 12.2. The molecule has 2 aromatic carbocycles. The van der Waals surface area contributed by atoms with Crippen LogP contribution >= 0.6 is 0 Å². The fourth-order valence-corrected chi connectivity index (χ4v) is 4.86. The van der Waals surface area contributed by atoms with E-state index < -0.39 is 26.0 Å². The molecule has 2 aromatic rings. The molecule has 8 nitrogen and oxygen atoms in total. The Kier molecular flexibility index (Phi) is 7.39. The van der Waals surface area contributed by atoms with Crippen molar-refractivity contribution in [3.05, 3.63) is 53.6 Å². The van der Waals surface area contributed by atoms with E-state index >= 15 is 0 Å². The van der Waals surface area contributed by atoms with Crippen LogP contribution in [0.5, 0.6) is 0 Å². The zero-order chi connectivity index (χ0) is 21.7. The Hall–Kier alpha value is -2.43. The second-order valence-corrected chi connectivity index (χ2v) is 9.99. The first kappa shape index (κ1) is 22.9. The highest BCUT2D eigenvalue weighted by molar-refractivity contribution is 7.92. The molecule has 0 unspecified atom stereocenters. The van der Waals surface area contributed by atoms with E-state index in [1.165, 1.54) is 24.3 Å². The molecule has 0 saturated carbocycles. The van der Waals surface area contributed by atoms with Gasteiger partial charge in [0, 0.05) is 17.8 Å². The Morgan fingerprint density at radius 2 is 1.55 bits per heavy atom. The second-order valence-electron chi connectivity index (χ2n) is 6.38. The van der Waals surface area contributed by atoms with Gasteiger partial charge >= 0.3 is 0 Å². The second kappa shape index (κ2) is 9.38. The Morgan fingerprint density at radius 3 is 2.14 bits per heavy atom. The summed E-state index contributed by atoms with van der Waals surface area (Å²) in [5.74, 6) is -0.431. The maximum absolute atomic E-state index is 12.5. The van der Waals surface area contributed by atoms with Crippen molar-refractivity contribution >= 4 is 37.3 Å². The van der Waals surface area contributed by atoms with Crippen molar-refractivity contribution in [3.8, 4) is 0 Å². The Morgan fingerprint density at radius 1 is 0.931 bits per heavy atom. The third-order valence-electron chi connectivity index (χ3n) is 4.08. The van der Waals surface area contributed by atoms with Gasteiger partial charge in [-0.05, 0) is 55.3 Å². The van der Waals surface area contributed by atoms with E-state index in [4.69, 9.17) is 0 Å². The van der Waals surface area contributed by atoms with Gasteiger partial charge in [0.15, 0.2) is 0 Å². The molecule has 0 aliphatic carbocycles. The van der Waals surface area contributed by atoms with E-state index in [9.17, 15) is 21.6 Å². The molecule has 3 N–H and O–H groups in total. The first-order chi connectivity index (χ1) is 13.6. The minimum atomic E-state index is -3.59. The van der Waals surface area contributed by atoms with Crippen LogP contribution in [0.3, 0.4) is 0 Å². The van der Waals surface area contributed by atoms with Crippen molar-refractivity contribution in [2.24, 2.45) is 0 Å². The molecule has 0 aromatic heterocycles. The Labute approximate surface area is 171 Å². The molecule has 0 radical (unpaired) electrons. The smallest absolute Gasteiger partial charge is 0.255 e. The van der Waals surface area contributed by atoms with Crippen LogP contribution in [-0.4, -0.2) is 35.0 Å². The molecule has 29 heavy (non-hydrogen) atoms. The van der Waals surface area contributed by atoms with Gasteiger partial charge in [-0.25, -0.2) is 21.6 Å². The molecule has 158 valence electrons. The van der Waals surface area contributed by atoms with E-state index in [0.29, 0.717) is 23.4 Å². The minimum Gasteiger partial charge on any atom is -0.322 e. The van der Waals surface area contributed by atoms with Gasteiger partial charge in [0.25, 0.3) is 5.91 Å². The van der Waals surface area contributed by atoms with Gasteiger partial charge in [0.05, 0.1) is 16.3 Å². The number of carbonyl (C=O) groups excluding carboxylic acids is 1. The molecule has 0 aliphatic heterocycles. The minimum absolute atomic E-state index is 0.00513. The third kappa shape index (κ3) is 6.02. The lowest BCUT2D eigenvalue weighted by Crippen LogP contribution is -2.23. The molecule has 0 aliphatic rings. The summed E-state index contributed by atoms with van der Waals surface area (Å²) in [7, 11) is -7.05. The molecule has 0 bridgehead atoms. The molecular weight excluding hydrogens is 414 g/mol. The first-order valence-electron chi connectivity index (χ1n) is 9.10. The van der Waals surface area contributed by atoms with Crippen molar-refractivity contribution in [2.75, 3.05) is 22.3 Å². The highest BCUT2D eigenvalue weighted by Crippen LogP contribution is 2.25. The Balaban J connectivity index is 2.20. The van der Waals surface area contributed by atoms with Crippen molar-refractivity contribution in [3.63, 3.8) is 0 Å². The van der Waals surface area contributed by atoms with Crippen LogP contribution in [-0.2, 0) is 20.0 Å². The molecule has 0 fully saturated rings. The molecule has 0 atom stereocenters. The number of rotatable bonds is 9. The number of hydrogen-bond acceptors (Lipinski definition) is 5. The predicted octanol–water partition coefficient (Wildman–Crippen LogP) is 2.70. The monoisotopic (exact) mass is 439 g/mol. The maximum Gasteiger partial charge on any atom is 0.255 e. The highest BCUT2D eigenvalue weighted by atomic mass is 32.2. The zero-order valence-electron chi connectivity index (χ0n) is 16.5. The lowest BCUT2D eigenvalue weighted by Gasteiger charge is -2.14. The van der Waals surface area contributed by atoms with Crippen LogP contribution in [0.4, 0.5) is 11.4 Å². The molecule has 10 heteroatoms. The summed E-state index contributed by atoms with van der Waals surface area (Å²) in [4.78, 5) is 12.6. The van der Waals surface area contributed by atoms with E-state index in [2.05, 4.69) is 14.8 Å². The largest absolute Gasteiger partial charge is 0.322 e. The number of nitrogens with one attached hydrogen (secondary N) is 3. The molecule has 0 spiro atoms. The lowest BCUT2D eigenvalue weighted by atomic mass is 10.1. The van der Waals surface area contributed by atoms with E-state index in [0.717, 1.165) is 0 Å². The van der Waals surface area contributed by atoms with Crippen LogP contribution in [0.15, 0.2) is 47.4 Å². The van der Waals surface area contributed by atoms with Crippen LogP contribution in [0, 0.1) is 6.92 Å². The van der Waals surface area contributed by atoms with Gasteiger partial charge in [-0.2, -0.15) is 0 Å². The number of benzene rings is 2. The maximum atomic E-state index is 12.5. The van der Waals surface area contributed by atoms with Gasteiger partial charge in [-0.3, -0.25) is 9.52 Å². The van der Waals surface area contributed by atoms with E-state index in [1.54, 1.807) is 39.0 Å². The average Bonchev–Trinajstić information content (AvgIpc) is 2.65. The number of anilines is 2. The van der Waals surface area contributed by atoms with Crippen LogP contribution in [0.25, 0.3) is 0 Å². The lowest BCUT2D eigenvalue weighted by molar-refractivity contribution is 0.102. The van der Waals surface area contributed by atoms with Gasteiger partial charge in [-0.1, -0.05) is 19.9 Å². The van der Waals surface area contributed by atoms with E-state index in [-0.39, 0.29) is 22.8 Å². The number of carbonyl (C=O) groups is 1. The number of amides is 1. The van der Waals surface area contributed by atoms with Gasteiger partial charge in [0.2, 0.25) is 20.0 Å². The third-order valence-corrected chi connectivity index (χ3v) is 7.12. The summed E-state index contributed by atoms with van der Waals surface area (Å²) < 4.78 is 52.9. The van der Waals surface area contributed by atoms with Gasteiger partial charge in [-0.15, -0.1) is 0 Å². The molecular formula is C19H25N3O5S2. The van der Waals surface area contributed by atoms with Crippen LogP contribution < -0.4 is 14.8 Å². The van der Waals surface area contributed by atoms with Crippen molar-refractivity contribution in [1.82, 2.24) is 4.72 Å². The van der Waals surface area contributed by atoms with Gasteiger partial charge in [0.1, 0.15) is 0 Å². The molecule has 0 heterocycles. The number of sulfonamides is 2. The summed E-state index contributed by atoms with van der Waals surface area (Å²) in [6, 6.07) is 10.5. The highest BCUT2D eigenvalue weighted by Gasteiger charge is 2.16. The standard InChI is InChI=1S/C19H25N3O5S2/c1-4-13-28(24,25)22-18-8-6-7-17(14(18)3)21-19(23)15-9-11-16(12-10-15)29(26,27)20-5-2/h6-12,20,22H,4-5,13H2,1-3H3,(H,21,23). The summed E-state index contributed by atoms with van der Waals surface area (Å²) >= 11 is 0. The fourth-order valence-electron chi connectivity index (χ4n) is 2.62. The normalized spacial score (nSPS) is 11.8. The fraction of sp³-hybridized carbons (Fsp3) is 0.316. The SMILES string of the molecule is CCCS(=O)(=O)Nc1cccc(NC(=O)c2ccc(S(=O)(=O)NCC)cc2)c1C. The zero-order valence-corrected chi connectivity index (χ0v) is 18.2. The molecule has 2 rings (SSSR count). The van der Waals surface area contributed by atoms with Gasteiger partial charge < -0.3 is 5.32 Å². The molecule has 0 saturated heterocycles. The average molecular weight is 440 g/mol. The van der Waals surface area contributed by atoms with Crippen molar-refractivity contribution < 1.29 is 21.6 Å². The van der Waals surface area contributed by atoms with E-state index in [1.807, 2.05) is 0 Å². The summed E-state index contributed by atoms with van der Waals surface area (Å²) in [5.41, 5.74) is 1.70. The number of hydrogen-bond donors (Lipinski definition) is 3. The summed E-state index contributed by atoms with van der Waals surface area (Å²) in [6.07, 6.45) is 0.490. The predicted molar refractivity (Wildman–Crippen MR) is 114 cm³/mol. The Bertz CT molecular complexity index is 1080. The van der Waals surface area contributed by atoms with Crippen molar-refractivity contribution in [1.29, 1.82) is 0 Å². The van der Waals surface area contributed by atoms with Crippen molar-refractivity contribution in [2.45, 2.75) is 32.1 Å². The molecule has 1 amide bonds. The topological polar surface area (TPSA) is 121 Å². The summed E-state index contributed by atoms with van der Waals surface area (Å²) in [5, 5.41) is 2.73. The van der Waals surface area contributed by atoms with Crippen LogP contribution in [0.1, 0.15) is 36.2 Å². The quantitative estimate of drug-likeness (QED) is 0.555. The summed E-state index contributed by atoms with van der Waals surface area (Å²) in [6.45, 7) is 5.42. The van der Waals surface area contributed by atoms with Crippen LogP contribution in [0.2, 0.25) is 0 Å².